The third kappa shape index (κ3) is 4.60. The zero-order valence-electron chi connectivity index (χ0n) is 12.4. The van der Waals surface area contributed by atoms with Crippen molar-refractivity contribution in [2.45, 2.75) is 6.42 Å². The number of nitrogens with zero attached hydrogens (tertiary/aromatic N) is 1. The number of allylic oxidation sites excluding steroid dienone is 1. The second kappa shape index (κ2) is 8.19. The van der Waals surface area contributed by atoms with Crippen molar-refractivity contribution in [1.82, 2.24) is 15.5 Å². The van der Waals surface area contributed by atoms with Crippen molar-refractivity contribution >= 4 is 11.9 Å². The normalized spacial score (nSPS) is 16.9. The van der Waals surface area contributed by atoms with E-state index in [0.29, 0.717) is 13.1 Å². The molecule has 118 valence electrons. The van der Waals surface area contributed by atoms with E-state index in [1.54, 1.807) is 0 Å². The van der Waals surface area contributed by atoms with E-state index in [1.165, 1.54) is 4.90 Å². The van der Waals surface area contributed by atoms with Crippen LogP contribution in [-0.4, -0.2) is 54.6 Å². The first-order chi connectivity index (χ1) is 10.7. The smallest absolute Gasteiger partial charge is 0.407 e. The number of carboxylic acid groups (broad SMARTS) is 1. The molecule has 1 aromatic rings. The molecule has 0 atom stereocenters. The van der Waals surface area contributed by atoms with E-state index in [-0.39, 0.29) is 5.78 Å². The molecular formula is C16H21N3O3. The summed E-state index contributed by atoms with van der Waals surface area (Å²) in [6.45, 7) is 3.69. The lowest BCUT2D eigenvalue weighted by Crippen LogP contribution is -2.45. The Morgan fingerprint density at radius 3 is 2.23 bits per heavy atom. The van der Waals surface area contributed by atoms with Crippen LogP contribution in [0.3, 0.4) is 0 Å². The van der Waals surface area contributed by atoms with Crippen molar-refractivity contribution in [3.05, 3.63) is 47.7 Å². The fraction of sp³-hybridized carbons (Fsp3) is 0.375. The molecule has 2 aliphatic heterocycles. The van der Waals surface area contributed by atoms with E-state index in [2.05, 4.69) is 10.6 Å². The zero-order chi connectivity index (χ0) is 15.8. The summed E-state index contributed by atoms with van der Waals surface area (Å²) in [6.07, 6.45) is 2.10. The summed E-state index contributed by atoms with van der Waals surface area (Å²) >= 11 is 0. The summed E-state index contributed by atoms with van der Waals surface area (Å²) in [5, 5.41) is 14.6. The minimum atomic E-state index is -0.809. The number of Topliss-reactive ketones (excluding diaryl/α,β-unsaturated/α-hetero) is 1. The van der Waals surface area contributed by atoms with Crippen molar-refractivity contribution in [3.8, 4) is 0 Å². The lowest BCUT2D eigenvalue weighted by Gasteiger charge is -2.23. The molecule has 0 aromatic heterocycles. The van der Waals surface area contributed by atoms with E-state index < -0.39 is 6.09 Å². The molecule has 3 rings (SSSR count). The molecule has 0 spiro atoms. The maximum absolute atomic E-state index is 11.7. The van der Waals surface area contributed by atoms with Gasteiger partial charge in [0.1, 0.15) is 0 Å². The van der Waals surface area contributed by atoms with Gasteiger partial charge in [-0.05, 0) is 6.42 Å². The van der Waals surface area contributed by atoms with Crippen LogP contribution in [0.5, 0.6) is 0 Å². The number of hydrogen-bond donors (Lipinski definition) is 3. The zero-order valence-corrected chi connectivity index (χ0v) is 12.4. The predicted octanol–water partition coefficient (Wildman–Crippen LogP) is 1.32. The highest BCUT2D eigenvalue weighted by Crippen LogP contribution is 2.09. The van der Waals surface area contributed by atoms with E-state index in [0.717, 1.165) is 37.3 Å². The van der Waals surface area contributed by atoms with Gasteiger partial charge in [0, 0.05) is 38.3 Å². The molecule has 0 radical (unpaired) electrons. The number of carbonyl (C=O) groups is 2. The Morgan fingerprint density at radius 1 is 1.05 bits per heavy atom. The molecule has 1 fully saturated rings. The van der Waals surface area contributed by atoms with Crippen LogP contribution in [0.25, 0.3) is 0 Å². The Kier molecular flexibility index (Phi) is 5.97. The second-order valence-electron chi connectivity index (χ2n) is 5.05. The van der Waals surface area contributed by atoms with Crippen LogP contribution in [0.15, 0.2) is 42.1 Å². The number of rotatable bonds is 2. The van der Waals surface area contributed by atoms with Gasteiger partial charge in [0.2, 0.25) is 5.78 Å². The van der Waals surface area contributed by atoms with Gasteiger partial charge in [-0.15, -0.1) is 0 Å². The summed E-state index contributed by atoms with van der Waals surface area (Å²) < 4.78 is 0. The number of nitrogens with one attached hydrogen (secondary N) is 2. The van der Waals surface area contributed by atoms with Gasteiger partial charge in [-0.3, -0.25) is 4.79 Å². The van der Waals surface area contributed by atoms with Gasteiger partial charge in [-0.25, -0.2) is 4.79 Å². The van der Waals surface area contributed by atoms with Crippen LogP contribution in [0.2, 0.25) is 0 Å². The highest BCUT2D eigenvalue weighted by molar-refractivity contribution is 6.08. The molecule has 1 saturated heterocycles. The predicted molar refractivity (Wildman–Crippen MR) is 83.9 cm³/mol. The minimum absolute atomic E-state index is 0.0955. The second-order valence-corrected chi connectivity index (χ2v) is 5.05. The summed E-state index contributed by atoms with van der Waals surface area (Å²) in [5.74, 6) is 0.0955. The number of hydrogen-bond acceptors (Lipinski definition) is 4. The van der Waals surface area contributed by atoms with Crippen LogP contribution < -0.4 is 10.6 Å². The van der Waals surface area contributed by atoms with Crippen LogP contribution in [0.4, 0.5) is 4.79 Å². The number of amides is 1. The topological polar surface area (TPSA) is 81.7 Å². The Labute approximate surface area is 129 Å². The molecule has 1 amide bonds. The molecule has 1 aromatic carbocycles. The molecule has 2 heterocycles. The molecule has 6 nitrogen and oxygen atoms in total. The first kappa shape index (κ1) is 16.0. The number of ketones is 1. The molecule has 0 bridgehead atoms. The maximum Gasteiger partial charge on any atom is 0.407 e. The molecule has 3 N–H and O–H groups in total. The van der Waals surface area contributed by atoms with Gasteiger partial charge in [0.15, 0.2) is 0 Å². The third-order valence-corrected chi connectivity index (χ3v) is 3.48. The lowest BCUT2D eigenvalue weighted by molar-refractivity contribution is 0.102. The van der Waals surface area contributed by atoms with Gasteiger partial charge in [-0.1, -0.05) is 36.4 Å². The van der Waals surface area contributed by atoms with Gasteiger partial charge in [0.25, 0.3) is 0 Å². The van der Waals surface area contributed by atoms with Crippen molar-refractivity contribution in [2.75, 3.05) is 32.7 Å². The molecule has 0 saturated carbocycles. The van der Waals surface area contributed by atoms with E-state index >= 15 is 0 Å². The minimum Gasteiger partial charge on any atom is -0.465 e. The van der Waals surface area contributed by atoms with E-state index in [1.807, 2.05) is 36.4 Å². The summed E-state index contributed by atoms with van der Waals surface area (Å²) in [6, 6.07) is 9.34. The Balaban J connectivity index is 0.000000172. The monoisotopic (exact) mass is 303 g/mol. The number of carbonyl (C=O) groups excluding carboxylic acids is 1. The highest BCUT2D eigenvalue weighted by Gasteiger charge is 2.14. The van der Waals surface area contributed by atoms with Gasteiger partial charge >= 0.3 is 6.09 Å². The van der Waals surface area contributed by atoms with Crippen molar-refractivity contribution in [1.29, 1.82) is 0 Å². The summed E-state index contributed by atoms with van der Waals surface area (Å²) in [7, 11) is 0. The first-order valence-electron chi connectivity index (χ1n) is 7.41. The molecule has 0 unspecified atom stereocenters. The largest absolute Gasteiger partial charge is 0.465 e. The van der Waals surface area contributed by atoms with Crippen LogP contribution >= 0.6 is 0 Å². The van der Waals surface area contributed by atoms with Gasteiger partial charge in [0.05, 0.1) is 5.70 Å². The molecule has 22 heavy (non-hydrogen) atoms. The fourth-order valence-corrected chi connectivity index (χ4v) is 2.27. The van der Waals surface area contributed by atoms with Crippen LogP contribution in [-0.2, 0) is 0 Å². The number of benzene rings is 1. The lowest BCUT2D eigenvalue weighted by atomic mass is 10.1. The third-order valence-electron chi connectivity index (χ3n) is 3.48. The quantitative estimate of drug-likeness (QED) is 0.718. The molecule has 0 aliphatic carbocycles. The Bertz CT molecular complexity index is 537. The van der Waals surface area contributed by atoms with Crippen molar-refractivity contribution < 1.29 is 14.7 Å². The van der Waals surface area contributed by atoms with Gasteiger partial charge in [-0.2, -0.15) is 0 Å². The SMILES string of the molecule is O=C(C1=CCCN1)c1ccccc1.O=C(O)N1CCNCC1. The van der Waals surface area contributed by atoms with Crippen molar-refractivity contribution in [2.24, 2.45) is 0 Å². The van der Waals surface area contributed by atoms with Crippen LogP contribution in [0, 0.1) is 0 Å². The average Bonchev–Trinajstić information content (AvgIpc) is 3.11. The molecular weight excluding hydrogens is 282 g/mol. The summed E-state index contributed by atoms with van der Waals surface area (Å²) in [4.78, 5) is 23.4. The maximum atomic E-state index is 11.7. The van der Waals surface area contributed by atoms with Gasteiger partial charge < -0.3 is 20.6 Å². The Hall–Kier alpha value is -2.34. The standard InChI is InChI=1S/C11H11NO.C5H10N2O2/c13-11(10-7-4-8-12-10)9-5-2-1-3-6-9;8-5(9)7-3-1-6-2-4-7/h1-3,5-7,12H,4,8H2;6H,1-4H2,(H,8,9). The summed E-state index contributed by atoms with van der Waals surface area (Å²) in [5.41, 5.74) is 1.49. The Morgan fingerprint density at radius 2 is 1.73 bits per heavy atom. The van der Waals surface area contributed by atoms with Crippen LogP contribution in [0.1, 0.15) is 16.8 Å². The highest BCUT2D eigenvalue weighted by atomic mass is 16.4. The average molecular weight is 303 g/mol. The molecule has 2 aliphatic rings. The van der Waals surface area contributed by atoms with E-state index in [9.17, 15) is 9.59 Å². The number of piperazine rings is 1. The first-order valence-corrected chi connectivity index (χ1v) is 7.41. The molecule has 6 heteroatoms. The van der Waals surface area contributed by atoms with E-state index in [4.69, 9.17) is 5.11 Å². The van der Waals surface area contributed by atoms with Crippen molar-refractivity contribution in [3.63, 3.8) is 0 Å². The fourth-order valence-electron chi connectivity index (χ4n) is 2.27.